The van der Waals surface area contributed by atoms with E-state index in [2.05, 4.69) is 17.1 Å². The molecule has 0 radical (unpaired) electrons. The van der Waals surface area contributed by atoms with Crippen molar-refractivity contribution in [3.05, 3.63) is 0 Å². The second-order valence-electron chi connectivity index (χ2n) is 6.05. The molecule has 19 heavy (non-hydrogen) atoms. The molecule has 1 atom stereocenters. The second-order valence-corrected chi connectivity index (χ2v) is 6.05. The molecule has 0 bridgehead atoms. The SMILES string of the molecule is CCCN(CCC(NC1CC1)C(=O)OC)CC1CC1. The zero-order valence-electron chi connectivity index (χ0n) is 12.4. The first-order chi connectivity index (χ1) is 9.22. The summed E-state index contributed by atoms with van der Waals surface area (Å²) in [6, 6.07) is 0.434. The summed E-state index contributed by atoms with van der Waals surface area (Å²) in [5, 5.41) is 3.41. The third-order valence-corrected chi connectivity index (χ3v) is 3.99. The summed E-state index contributed by atoms with van der Waals surface area (Å²) >= 11 is 0. The van der Waals surface area contributed by atoms with Crippen LogP contribution in [0.5, 0.6) is 0 Å². The molecule has 110 valence electrons. The van der Waals surface area contributed by atoms with Gasteiger partial charge >= 0.3 is 5.97 Å². The Balaban J connectivity index is 1.75. The Kier molecular flexibility index (Phi) is 5.64. The zero-order valence-corrected chi connectivity index (χ0v) is 12.4. The normalized spacial score (nSPS) is 20.6. The largest absolute Gasteiger partial charge is 0.468 e. The van der Waals surface area contributed by atoms with Gasteiger partial charge in [-0.25, -0.2) is 0 Å². The van der Waals surface area contributed by atoms with Crippen molar-refractivity contribution in [2.45, 2.75) is 57.5 Å². The Morgan fingerprint density at radius 3 is 2.58 bits per heavy atom. The topological polar surface area (TPSA) is 41.6 Å². The van der Waals surface area contributed by atoms with Gasteiger partial charge in [0.05, 0.1) is 7.11 Å². The minimum Gasteiger partial charge on any atom is -0.468 e. The van der Waals surface area contributed by atoms with E-state index in [1.54, 1.807) is 0 Å². The molecule has 2 aliphatic rings. The molecule has 2 rings (SSSR count). The van der Waals surface area contributed by atoms with Crippen molar-refractivity contribution >= 4 is 5.97 Å². The maximum atomic E-state index is 11.8. The number of carbonyl (C=O) groups is 1. The van der Waals surface area contributed by atoms with Gasteiger partial charge in [0.25, 0.3) is 0 Å². The van der Waals surface area contributed by atoms with Gasteiger partial charge in [-0.15, -0.1) is 0 Å². The van der Waals surface area contributed by atoms with Crippen LogP contribution >= 0.6 is 0 Å². The van der Waals surface area contributed by atoms with E-state index >= 15 is 0 Å². The molecule has 1 unspecified atom stereocenters. The van der Waals surface area contributed by atoms with Crippen LogP contribution in [0.1, 0.15) is 45.4 Å². The van der Waals surface area contributed by atoms with Crippen LogP contribution in [-0.2, 0) is 9.53 Å². The number of rotatable bonds is 10. The van der Waals surface area contributed by atoms with E-state index in [0.717, 1.165) is 25.4 Å². The fourth-order valence-electron chi connectivity index (χ4n) is 2.53. The molecule has 0 saturated heterocycles. The maximum absolute atomic E-state index is 11.8. The molecule has 0 amide bonds. The number of esters is 1. The Hall–Kier alpha value is -0.610. The molecule has 0 heterocycles. The van der Waals surface area contributed by atoms with Crippen LogP contribution < -0.4 is 5.32 Å². The lowest BCUT2D eigenvalue weighted by molar-refractivity contribution is -0.143. The summed E-state index contributed by atoms with van der Waals surface area (Å²) in [5.41, 5.74) is 0. The Labute approximate surface area is 116 Å². The van der Waals surface area contributed by atoms with Crippen molar-refractivity contribution in [2.24, 2.45) is 5.92 Å². The molecule has 0 spiro atoms. The molecule has 0 aromatic rings. The van der Waals surface area contributed by atoms with Crippen molar-refractivity contribution < 1.29 is 9.53 Å². The lowest BCUT2D eigenvalue weighted by atomic mass is 10.2. The van der Waals surface area contributed by atoms with Gasteiger partial charge in [-0.2, -0.15) is 0 Å². The van der Waals surface area contributed by atoms with E-state index in [0.29, 0.717) is 6.04 Å². The Morgan fingerprint density at radius 1 is 1.32 bits per heavy atom. The lowest BCUT2D eigenvalue weighted by Gasteiger charge is -2.24. The van der Waals surface area contributed by atoms with Gasteiger partial charge in [-0.1, -0.05) is 6.92 Å². The molecule has 0 aromatic carbocycles. The highest BCUT2D eigenvalue weighted by Crippen LogP contribution is 2.29. The Bertz CT molecular complexity index is 288. The van der Waals surface area contributed by atoms with Gasteiger partial charge < -0.3 is 15.0 Å². The van der Waals surface area contributed by atoms with E-state index in [1.807, 2.05) is 0 Å². The highest BCUT2D eigenvalue weighted by Gasteiger charge is 2.30. The number of hydrogen-bond acceptors (Lipinski definition) is 4. The van der Waals surface area contributed by atoms with Crippen LogP contribution in [0, 0.1) is 5.92 Å². The molecule has 2 saturated carbocycles. The number of hydrogen-bond donors (Lipinski definition) is 1. The first kappa shape index (κ1) is 14.8. The van der Waals surface area contributed by atoms with Gasteiger partial charge in [-0.3, -0.25) is 4.79 Å². The minimum absolute atomic E-state index is 0.102. The summed E-state index contributed by atoms with van der Waals surface area (Å²) < 4.78 is 4.91. The third kappa shape index (κ3) is 5.49. The predicted molar refractivity (Wildman–Crippen MR) is 76.0 cm³/mol. The second kappa shape index (κ2) is 7.25. The smallest absolute Gasteiger partial charge is 0.322 e. The van der Waals surface area contributed by atoms with Crippen molar-refractivity contribution in [3.8, 4) is 0 Å². The van der Waals surface area contributed by atoms with Gasteiger partial charge in [0.1, 0.15) is 6.04 Å². The monoisotopic (exact) mass is 268 g/mol. The van der Waals surface area contributed by atoms with Crippen LogP contribution in [0.4, 0.5) is 0 Å². The minimum atomic E-state index is -0.115. The van der Waals surface area contributed by atoms with Gasteiger partial charge in [0, 0.05) is 19.1 Å². The van der Waals surface area contributed by atoms with E-state index in [-0.39, 0.29) is 12.0 Å². The molecule has 0 aliphatic heterocycles. The number of carbonyl (C=O) groups excluding carboxylic acids is 1. The third-order valence-electron chi connectivity index (χ3n) is 3.99. The summed E-state index contributed by atoms with van der Waals surface area (Å²) in [4.78, 5) is 14.3. The van der Waals surface area contributed by atoms with Crippen LogP contribution in [0.3, 0.4) is 0 Å². The summed E-state index contributed by atoms with van der Waals surface area (Å²) in [6.07, 6.45) is 7.24. The average molecular weight is 268 g/mol. The molecule has 4 nitrogen and oxygen atoms in total. The number of ether oxygens (including phenoxy) is 1. The predicted octanol–water partition coefficient (Wildman–Crippen LogP) is 1.79. The van der Waals surface area contributed by atoms with Gasteiger partial charge in [0.15, 0.2) is 0 Å². The average Bonchev–Trinajstić information content (AvgIpc) is 3.28. The first-order valence-corrected chi connectivity index (χ1v) is 7.79. The molecular weight excluding hydrogens is 240 g/mol. The highest BCUT2D eigenvalue weighted by atomic mass is 16.5. The number of nitrogens with zero attached hydrogens (tertiary/aromatic N) is 1. The summed E-state index contributed by atoms with van der Waals surface area (Å²) in [6.45, 7) is 5.59. The van der Waals surface area contributed by atoms with Gasteiger partial charge in [0.2, 0.25) is 0 Å². The van der Waals surface area contributed by atoms with Crippen LogP contribution in [-0.4, -0.2) is 49.7 Å². The van der Waals surface area contributed by atoms with E-state index in [1.165, 1.54) is 45.8 Å². The Morgan fingerprint density at radius 2 is 2.05 bits per heavy atom. The van der Waals surface area contributed by atoms with Crippen molar-refractivity contribution in [2.75, 3.05) is 26.7 Å². The molecule has 2 aliphatic carbocycles. The molecule has 2 fully saturated rings. The fraction of sp³-hybridized carbons (Fsp3) is 0.933. The number of methoxy groups -OCH3 is 1. The van der Waals surface area contributed by atoms with Crippen LogP contribution in [0.2, 0.25) is 0 Å². The molecule has 1 N–H and O–H groups in total. The summed E-state index contributed by atoms with van der Waals surface area (Å²) in [5.74, 6) is 0.814. The number of nitrogens with one attached hydrogen (secondary N) is 1. The van der Waals surface area contributed by atoms with Crippen molar-refractivity contribution in [1.82, 2.24) is 10.2 Å². The summed E-state index contributed by atoms with van der Waals surface area (Å²) in [7, 11) is 1.48. The molecule has 4 heteroatoms. The van der Waals surface area contributed by atoms with Gasteiger partial charge in [-0.05, 0) is 51.0 Å². The van der Waals surface area contributed by atoms with Crippen LogP contribution in [0.25, 0.3) is 0 Å². The van der Waals surface area contributed by atoms with Crippen molar-refractivity contribution in [3.63, 3.8) is 0 Å². The van der Waals surface area contributed by atoms with E-state index < -0.39 is 0 Å². The molecular formula is C15H28N2O2. The zero-order chi connectivity index (χ0) is 13.7. The quantitative estimate of drug-likeness (QED) is 0.613. The van der Waals surface area contributed by atoms with E-state index in [4.69, 9.17) is 4.74 Å². The van der Waals surface area contributed by atoms with E-state index in [9.17, 15) is 4.79 Å². The highest BCUT2D eigenvalue weighted by molar-refractivity contribution is 5.75. The maximum Gasteiger partial charge on any atom is 0.322 e. The molecule has 0 aromatic heterocycles. The van der Waals surface area contributed by atoms with Crippen molar-refractivity contribution in [1.29, 1.82) is 0 Å². The first-order valence-electron chi connectivity index (χ1n) is 7.79. The van der Waals surface area contributed by atoms with Crippen LogP contribution in [0.15, 0.2) is 0 Å². The lowest BCUT2D eigenvalue weighted by Crippen LogP contribution is -2.42. The fourth-order valence-corrected chi connectivity index (χ4v) is 2.53. The standard InChI is InChI=1S/C15H28N2O2/c1-3-9-17(11-12-4-5-12)10-8-14(15(18)19-2)16-13-6-7-13/h12-14,16H,3-11H2,1-2H3.